The van der Waals surface area contributed by atoms with Crippen LogP contribution >= 0.6 is 0 Å². The summed E-state index contributed by atoms with van der Waals surface area (Å²) >= 11 is 0. The van der Waals surface area contributed by atoms with E-state index >= 15 is 0 Å². The molecule has 4 unspecified atom stereocenters. The van der Waals surface area contributed by atoms with Gasteiger partial charge in [0.15, 0.2) is 0 Å². The molecular weight excluding hydrogens is 392 g/mol. The predicted octanol–water partition coefficient (Wildman–Crippen LogP) is -0.557. The second kappa shape index (κ2) is 11.8. The first-order chi connectivity index (χ1) is 14.0. The summed E-state index contributed by atoms with van der Waals surface area (Å²) in [6.07, 6.45) is 1.65. The standard InChI is InChI=1S/C20H36N4O6/c1-11(2)8-14(22-17(26)13(21)10-25)19(28)24-7-5-6-16(24)18(27)23-15(20(29)30)9-12(3)4/h11-16,25H,5-10,21H2,1-4H3,(H,22,26)(H,23,27)(H,29,30). The van der Waals surface area contributed by atoms with Crippen LogP contribution in [0, 0.1) is 11.8 Å². The fraction of sp³-hybridized carbons (Fsp3) is 0.800. The molecule has 1 saturated heterocycles. The molecule has 0 aromatic carbocycles. The number of amides is 3. The van der Waals surface area contributed by atoms with E-state index in [1.165, 1.54) is 4.90 Å². The molecule has 10 heteroatoms. The van der Waals surface area contributed by atoms with Crippen molar-refractivity contribution in [3.05, 3.63) is 0 Å². The molecular formula is C20H36N4O6. The molecule has 0 bridgehead atoms. The SMILES string of the molecule is CC(C)CC(NC(=O)C1CCCN1C(=O)C(CC(C)C)NC(=O)C(N)CO)C(=O)O. The molecule has 4 atom stereocenters. The Kier molecular flexibility index (Phi) is 10.2. The highest BCUT2D eigenvalue weighted by atomic mass is 16.4. The smallest absolute Gasteiger partial charge is 0.326 e. The third kappa shape index (κ3) is 7.56. The largest absolute Gasteiger partial charge is 0.480 e. The number of nitrogens with one attached hydrogen (secondary N) is 2. The third-order valence-electron chi connectivity index (χ3n) is 5.02. The minimum absolute atomic E-state index is 0.0779. The number of nitrogens with zero attached hydrogens (tertiary/aromatic N) is 1. The van der Waals surface area contributed by atoms with E-state index in [1.54, 1.807) is 0 Å². The number of aliphatic hydroxyl groups excluding tert-OH is 1. The average molecular weight is 429 g/mol. The normalized spacial score (nSPS) is 19.5. The minimum atomic E-state index is -1.14. The lowest BCUT2D eigenvalue weighted by atomic mass is 10.0. The molecule has 1 aliphatic heterocycles. The van der Waals surface area contributed by atoms with Crippen molar-refractivity contribution in [1.82, 2.24) is 15.5 Å². The molecule has 1 heterocycles. The van der Waals surface area contributed by atoms with E-state index in [4.69, 9.17) is 10.8 Å². The van der Waals surface area contributed by atoms with Crippen LogP contribution in [-0.4, -0.2) is 76.1 Å². The van der Waals surface area contributed by atoms with E-state index in [9.17, 15) is 24.3 Å². The molecule has 0 aromatic heterocycles. The number of likely N-dealkylation sites (tertiary alicyclic amines) is 1. The van der Waals surface area contributed by atoms with Crippen LogP contribution in [0.1, 0.15) is 53.4 Å². The van der Waals surface area contributed by atoms with Crippen LogP contribution in [0.15, 0.2) is 0 Å². The number of aliphatic hydroxyl groups is 1. The second-order valence-electron chi connectivity index (χ2n) is 8.70. The van der Waals surface area contributed by atoms with Gasteiger partial charge < -0.3 is 31.5 Å². The minimum Gasteiger partial charge on any atom is -0.480 e. The first-order valence-corrected chi connectivity index (χ1v) is 10.5. The quantitative estimate of drug-likeness (QED) is 0.295. The van der Waals surface area contributed by atoms with Crippen LogP contribution in [0.3, 0.4) is 0 Å². The predicted molar refractivity (Wildman–Crippen MR) is 110 cm³/mol. The lowest BCUT2D eigenvalue weighted by Crippen LogP contribution is -2.57. The molecule has 1 fully saturated rings. The fourth-order valence-corrected chi connectivity index (χ4v) is 3.52. The zero-order chi connectivity index (χ0) is 23.0. The Hall–Kier alpha value is -2.20. The van der Waals surface area contributed by atoms with Crippen molar-refractivity contribution in [2.24, 2.45) is 17.6 Å². The Bertz CT molecular complexity index is 624. The number of hydrogen-bond donors (Lipinski definition) is 5. The van der Waals surface area contributed by atoms with Crippen LogP contribution in [0.4, 0.5) is 0 Å². The molecule has 1 aliphatic rings. The summed E-state index contributed by atoms with van der Waals surface area (Å²) in [5.74, 6) is -2.50. The van der Waals surface area contributed by atoms with Gasteiger partial charge in [0.2, 0.25) is 17.7 Å². The van der Waals surface area contributed by atoms with Crippen molar-refractivity contribution in [3.8, 4) is 0 Å². The van der Waals surface area contributed by atoms with Crippen molar-refractivity contribution in [2.75, 3.05) is 13.2 Å². The summed E-state index contributed by atoms with van der Waals surface area (Å²) in [5, 5.41) is 23.6. The maximum atomic E-state index is 13.2. The molecule has 6 N–H and O–H groups in total. The molecule has 0 saturated carbocycles. The summed E-state index contributed by atoms with van der Waals surface area (Å²) in [6, 6.07) is -3.83. The molecule has 0 aliphatic carbocycles. The van der Waals surface area contributed by atoms with E-state index in [2.05, 4.69) is 10.6 Å². The van der Waals surface area contributed by atoms with Gasteiger partial charge in [-0.25, -0.2) is 4.79 Å². The maximum Gasteiger partial charge on any atom is 0.326 e. The van der Waals surface area contributed by atoms with Crippen molar-refractivity contribution in [3.63, 3.8) is 0 Å². The summed E-state index contributed by atoms with van der Waals surface area (Å²) in [7, 11) is 0. The number of hydrogen-bond acceptors (Lipinski definition) is 6. The van der Waals surface area contributed by atoms with Gasteiger partial charge in [-0.05, 0) is 37.5 Å². The number of carboxylic acid groups (broad SMARTS) is 1. The van der Waals surface area contributed by atoms with Gasteiger partial charge in [0.25, 0.3) is 0 Å². The Balaban J connectivity index is 2.94. The van der Waals surface area contributed by atoms with Crippen LogP contribution in [0.2, 0.25) is 0 Å². The van der Waals surface area contributed by atoms with Gasteiger partial charge in [-0.2, -0.15) is 0 Å². The Morgan fingerprint density at radius 3 is 2.10 bits per heavy atom. The topological polar surface area (TPSA) is 162 Å². The highest BCUT2D eigenvalue weighted by molar-refractivity contribution is 5.94. The fourth-order valence-electron chi connectivity index (χ4n) is 3.52. The summed E-state index contributed by atoms with van der Waals surface area (Å²) in [4.78, 5) is 50.9. The van der Waals surface area contributed by atoms with E-state index in [0.717, 1.165) is 0 Å². The van der Waals surface area contributed by atoms with Gasteiger partial charge in [-0.3, -0.25) is 14.4 Å². The van der Waals surface area contributed by atoms with Crippen LogP contribution in [0.5, 0.6) is 0 Å². The third-order valence-corrected chi connectivity index (χ3v) is 5.02. The van der Waals surface area contributed by atoms with Gasteiger partial charge in [0.05, 0.1) is 6.61 Å². The lowest BCUT2D eigenvalue weighted by molar-refractivity contribution is -0.145. The molecule has 1 rings (SSSR count). The monoisotopic (exact) mass is 428 g/mol. The second-order valence-corrected chi connectivity index (χ2v) is 8.70. The number of nitrogens with two attached hydrogens (primary N) is 1. The van der Waals surface area contributed by atoms with Gasteiger partial charge in [0.1, 0.15) is 24.2 Å². The van der Waals surface area contributed by atoms with Crippen molar-refractivity contribution in [2.45, 2.75) is 77.5 Å². The summed E-state index contributed by atoms with van der Waals surface area (Å²) in [5.41, 5.74) is 5.54. The van der Waals surface area contributed by atoms with E-state index < -0.39 is 54.5 Å². The average Bonchev–Trinajstić information content (AvgIpc) is 3.14. The van der Waals surface area contributed by atoms with E-state index in [1.807, 2.05) is 27.7 Å². The maximum absolute atomic E-state index is 13.2. The number of aliphatic carboxylic acids is 1. The molecule has 172 valence electrons. The molecule has 3 amide bonds. The van der Waals surface area contributed by atoms with Crippen LogP contribution in [-0.2, 0) is 19.2 Å². The number of rotatable bonds is 11. The van der Waals surface area contributed by atoms with Crippen molar-refractivity contribution in [1.29, 1.82) is 0 Å². The molecule has 0 radical (unpaired) electrons. The van der Waals surface area contributed by atoms with Gasteiger partial charge >= 0.3 is 5.97 Å². The highest BCUT2D eigenvalue weighted by Crippen LogP contribution is 2.21. The van der Waals surface area contributed by atoms with Crippen LogP contribution in [0.25, 0.3) is 0 Å². The van der Waals surface area contributed by atoms with Crippen molar-refractivity contribution >= 4 is 23.7 Å². The molecule has 0 aromatic rings. The first-order valence-electron chi connectivity index (χ1n) is 10.5. The molecule has 0 spiro atoms. The van der Waals surface area contributed by atoms with Crippen molar-refractivity contribution < 1.29 is 29.4 Å². The Labute approximate surface area is 177 Å². The van der Waals surface area contributed by atoms with E-state index in [0.29, 0.717) is 25.8 Å². The lowest BCUT2D eigenvalue weighted by Gasteiger charge is -2.30. The Morgan fingerprint density at radius 2 is 1.60 bits per heavy atom. The number of carboxylic acids is 1. The van der Waals surface area contributed by atoms with Gasteiger partial charge in [0, 0.05) is 6.54 Å². The van der Waals surface area contributed by atoms with Gasteiger partial charge in [-0.1, -0.05) is 27.7 Å². The highest BCUT2D eigenvalue weighted by Gasteiger charge is 2.39. The summed E-state index contributed by atoms with van der Waals surface area (Å²) in [6.45, 7) is 7.32. The molecule has 30 heavy (non-hydrogen) atoms. The van der Waals surface area contributed by atoms with Gasteiger partial charge in [-0.15, -0.1) is 0 Å². The first kappa shape index (κ1) is 25.8. The zero-order valence-electron chi connectivity index (χ0n) is 18.3. The number of carbonyl (C=O) groups excluding carboxylic acids is 3. The Morgan fingerprint density at radius 1 is 1.03 bits per heavy atom. The number of carbonyl (C=O) groups is 4. The van der Waals surface area contributed by atoms with Crippen LogP contribution < -0.4 is 16.4 Å². The molecule has 10 nitrogen and oxygen atoms in total. The van der Waals surface area contributed by atoms with E-state index in [-0.39, 0.29) is 18.3 Å². The summed E-state index contributed by atoms with van der Waals surface area (Å²) < 4.78 is 0. The zero-order valence-corrected chi connectivity index (χ0v) is 18.3.